The Bertz CT molecular complexity index is 206. The van der Waals surface area contributed by atoms with E-state index in [1.807, 2.05) is 0 Å². The van der Waals surface area contributed by atoms with Crippen molar-refractivity contribution in [3.63, 3.8) is 0 Å². The summed E-state index contributed by atoms with van der Waals surface area (Å²) in [6.07, 6.45) is 3.43. The van der Waals surface area contributed by atoms with E-state index < -0.39 is 18.1 Å². The third kappa shape index (κ3) is 7.78. The normalized spacial score (nSPS) is 11.9. The van der Waals surface area contributed by atoms with Gasteiger partial charge in [0.05, 0.1) is 6.61 Å². The van der Waals surface area contributed by atoms with Gasteiger partial charge >= 0.3 is 12.1 Å². The monoisotopic (exact) mass is 217 g/mol. The fourth-order valence-electron chi connectivity index (χ4n) is 0.974. The highest BCUT2D eigenvalue weighted by molar-refractivity contribution is 5.79. The maximum Gasteiger partial charge on any atom is 0.407 e. The summed E-state index contributed by atoms with van der Waals surface area (Å²) in [4.78, 5) is 21.4. The van der Waals surface area contributed by atoms with Crippen molar-refractivity contribution in [1.29, 1.82) is 0 Å². The molecule has 5 nitrogen and oxygen atoms in total. The average Bonchev–Trinajstić information content (AvgIpc) is 2.17. The maximum absolute atomic E-state index is 11.0. The molecule has 0 bridgehead atoms. The van der Waals surface area contributed by atoms with Gasteiger partial charge in [-0.3, -0.25) is 4.79 Å². The predicted octanol–water partition coefficient (Wildman–Crippen LogP) is 1.77. The summed E-state index contributed by atoms with van der Waals surface area (Å²) in [5.74, 6) is -1.07. The lowest BCUT2D eigenvalue weighted by molar-refractivity contribution is -0.138. The summed E-state index contributed by atoms with van der Waals surface area (Å²) in [5.41, 5.74) is 0. The number of alkyl carbamates (subject to hydrolysis) is 1. The summed E-state index contributed by atoms with van der Waals surface area (Å²) < 4.78 is 4.80. The van der Waals surface area contributed by atoms with Gasteiger partial charge in [-0.1, -0.05) is 26.2 Å². The van der Waals surface area contributed by atoms with Crippen molar-refractivity contribution < 1.29 is 19.4 Å². The number of rotatable bonds is 7. The van der Waals surface area contributed by atoms with E-state index in [-0.39, 0.29) is 0 Å². The van der Waals surface area contributed by atoms with Gasteiger partial charge in [0, 0.05) is 0 Å². The lowest BCUT2D eigenvalue weighted by Crippen LogP contribution is -2.38. The third-order valence-corrected chi connectivity index (χ3v) is 1.94. The smallest absolute Gasteiger partial charge is 0.407 e. The van der Waals surface area contributed by atoms with Crippen molar-refractivity contribution in [3.05, 3.63) is 0 Å². The van der Waals surface area contributed by atoms with Gasteiger partial charge in [-0.25, -0.2) is 4.79 Å². The number of carbonyl (C=O) groups is 2. The van der Waals surface area contributed by atoms with E-state index in [1.165, 1.54) is 6.92 Å². The molecule has 1 atom stereocenters. The second-order valence-corrected chi connectivity index (χ2v) is 3.40. The number of carbonyl (C=O) groups excluding carboxylic acids is 1. The molecule has 0 aliphatic carbocycles. The summed E-state index contributed by atoms with van der Waals surface area (Å²) in [5, 5.41) is 10.7. The molecule has 0 aromatic rings. The van der Waals surface area contributed by atoms with Gasteiger partial charge in [0.1, 0.15) is 6.04 Å². The second kappa shape index (κ2) is 8.08. The molecule has 0 radical (unpaired) electrons. The SMILES string of the molecule is CCCCCCOC(=O)N[C@@H](C)C(=O)O. The second-order valence-electron chi connectivity index (χ2n) is 3.40. The lowest BCUT2D eigenvalue weighted by atomic mass is 10.2. The molecule has 0 saturated heterocycles. The Hall–Kier alpha value is -1.26. The van der Waals surface area contributed by atoms with E-state index in [9.17, 15) is 9.59 Å². The van der Waals surface area contributed by atoms with E-state index in [0.29, 0.717) is 6.61 Å². The van der Waals surface area contributed by atoms with Gasteiger partial charge in [-0.2, -0.15) is 0 Å². The number of nitrogens with one attached hydrogen (secondary N) is 1. The predicted molar refractivity (Wildman–Crippen MR) is 55.7 cm³/mol. The molecule has 0 spiro atoms. The zero-order valence-electron chi connectivity index (χ0n) is 9.28. The molecular formula is C10H19NO4. The highest BCUT2D eigenvalue weighted by atomic mass is 16.5. The Balaban J connectivity index is 3.45. The fourth-order valence-corrected chi connectivity index (χ4v) is 0.974. The molecule has 0 aromatic carbocycles. The average molecular weight is 217 g/mol. The molecule has 0 heterocycles. The van der Waals surface area contributed by atoms with Crippen LogP contribution in [0.3, 0.4) is 0 Å². The molecule has 0 aliphatic rings. The molecule has 0 rings (SSSR count). The first-order valence-electron chi connectivity index (χ1n) is 5.24. The van der Waals surface area contributed by atoms with E-state index in [2.05, 4.69) is 12.2 Å². The van der Waals surface area contributed by atoms with Crippen molar-refractivity contribution in [1.82, 2.24) is 5.32 Å². The van der Waals surface area contributed by atoms with Crippen LogP contribution in [-0.4, -0.2) is 29.8 Å². The number of aliphatic carboxylic acids is 1. The van der Waals surface area contributed by atoms with Crippen molar-refractivity contribution in [3.8, 4) is 0 Å². The minimum absolute atomic E-state index is 0.345. The van der Waals surface area contributed by atoms with Crippen LogP contribution < -0.4 is 5.32 Å². The Morgan fingerprint density at radius 1 is 1.33 bits per heavy atom. The third-order valence-electron chi connectivity index (χ3n) is 1.94. The highest BCUT2D eigenvalue weighted by Crippen LogP contribution is 1.99. The van der Waals surface area contributed by atoms with Gasteiger partial charge < -0.3 is 15.2 Å². The molecular weight excluding hydrogens is 198 g/mol. The standard InChI is InChI=1S/C10H19NO4/c1-3-4-5-6-7-15-10(14)11-8(2)9(12)13/h8H,3-7H2,1-2H3,(H,11,14)(H,12,13)/t8-/m0/s1. The van der Waals surface area contributed by atoms with Gasteiger partial charge in [0.2, 0.25) is 0 Å². The number of unbranched alkanes of at least 4 members (excludes halogenated alkanes) is 3. The van der Waals surface area contributed by atoms with Crippen LogP contribution in [0.1, 0.15) is 39.5 Å². The van der Waals surface area contributed by atoms with Crippen LogP contribution in [-0.2, 0) is 9.53 Å². The molecule has 15 heavy (non-hydrogen) atoms. The molecule has 2 N–H and O–H groups in total. The van der Waals surface area contributed by atoms with E-state index in [4.69, 9.17) is 9.84 Å². The molecule has 1 amide bonds. The van der Waals surface area contributed by atoms with Crippen molar-refractivity contribution in [2.45, 2.75) is 45.6 Å². The number of carboxylic acid groups (broad SMARTS) is 1. The van der Waals surface area contributed by atoms with E-state index in [1.54, 1.807) is 0 Å². The molecule has 0 saturated carbocycles. The molecule has 5 heteroatoms. The van der Waals surface area contributed by atoms with Crippen LogP contribution in [0.4, 0.5) is 4.79 Å². The van der Waals surface area contributed by atoms with Gasteiger partial charge in [0.25, 0.3) is 0 Å². The molecule has 0 unspecified atom stereocenters. The summed E-state index contributed by atoms with van der Waals surface area (Å²) >= 11 is 0. The quantitative estimate of drug-likeness (QED) is 0.637. The van der Waals surface area contributed by atoms with Crippen LogP contribution in [0.5, 0.6) is 0 Å². The van der Waals surface area contributed by atoms with Crippen molar-refractivity contribution >= 4 is 12.1 Å². The van der Waals surface area contributed by atoms with Crippen LogP contribution in [0.15, 0.2) is 0 Å². The first kappa shape index (κ1) is 13.7. The van der Waals surface area contributed by atoms with Gasteiger partial charge in [-0.05, 0) is 13.3 Å². The number of carboxylic acids is 1. The van der Waals surface area contributed by atoms with Crippen LogP contribution in [0.2, 0.25) is 0 Å². The first-order chi connectivity index (χ1) is 7.07. The van der Waals surface area contributed by atoms with Gasteiger partial charge in [-0.15, -0.1) is 0 Å². The first-order valence-corrected chi connectivity index (χ1v) is 5.24. The van der Waals surface area contributed by atoms with Crippen LogP contribution in [0, 0.1) is 0 Å². The van der Waals surface area contributed by atoms with E-state index >= 15 is 0 Å². The van der Waals surface area contributed by atoms with Gasteiger partial charge in [0.15, 0.2) is 0 Å². The maximum atomic E-state index is 11.0. The number of hydrogen-bond acceptors (Lipinski definition) is 3. The molecule has 88 valence electrons. The van der Waals surface area contributed by atoms with Crippen LogP contribution >= 0.6 is 0 Å². The Labute approximate surface area is 89.8 Å². The zero-order valence-corrected chi connectivity index (χ0v) is 9.28. The Morgan fingerprint density at radius 3 is 2.53 bits per heavy atom. The minimum atomic E-state index is -1.07. The van der Waals surface area contributed by atoms with Crippen molar-refractivity contribution in [2.24, 2.45) is 0 Å². The summed E-state index contributed by atoms with van der Waals surface area (Å²) in [6.45, 7) is 3.83. The Kier molecular flexibility index (Phi) is 7.40. The van der Waals surface area contributed by atoms with Crippen molar-refractivity contribution in [2.75, 3.05) is 6.61 Å². The molecule has 0 aromatic heterocycles. The molecule has 0 aliphatic heterocycles. The number of ether oxygens (including phenoxy) is 1. The fraction of sp³-hybridized carbons (Fsp3) is 0.800. The summed E-state index contributed by atoms with van der Waals surface area (Å²) in [6, 6.07) is -0.909. The molecule has 0 fully saturated rings. The topological polar surface area (TPSA) is 75.6 Å². The Morgan fingerprint density at radius 2 is 2.00 bits per heavy atom. The van der Waals surface area contributed by atoms with Crippen LogP contribution in [0.25, 0.3) is 0 Å². The zero-order chi connectivity index (χ0) is 11.7. The summed E-state index contributed by atoms with van der Waals surface area (Å²) in [7, 11) is 0. The lowest BCUT2D eigenvalue weighted by Gasteiger charge is -2.09. The number of amides is 1. The largest absolute Gasteiger partial charge is 0.480 e. The number of hydrogen-bond donors (Lipinski definition) is 2. The minimum Gasteiger partial charge on any atom is -0.480 e. The highest BCUT2D eigenvalue weighted by Gasteiger charge is 2.13. The van der Waals surface area contributed by atoms with E-state index in [0.717, 1.165) is 25.7 Å².